The molecule has 86 valence electrons. The van der Waals surface area contributed by atoms with Crippen molar-refractivity contribution < 1.29 is 14.4 Å². The Labute approximate surface area is 93.2 Å². The van der Waals surface area contributed by atoms with Crippen LogP contribution in [0.15, 0.2) is 16.7 Å². The van der Waals surface area contributed by atoms with Crippen molar-refractivity contribution in [2.24, 2.45) is 0 Å². The smallest absolute Gasteiger partial charge is 0.233 e. The molecule has 1 aromatic rings. The fourth-order valence-corrected chi connectivity index (χ4v) is 1.26. The molecule has 0 aliphatic carbocycles. The normalized spacial score (nSPS) is 11.6. The van der Waals surface area contributed by atoms with Crippen molar-refractivity contribution in [3.05, 3.63) is 33.8 Å². The Morgan fingerprint density at radius 3 is 3.06 bits per heavy atom. The third kappa shape index (κ3) is 3.75. The van der Waals surface area contributed by atoms with Gasteiger partial charge in [0.1, 0.15) is 11.9 Å². The topological polar surface area (TPSA) is 76.5 Å². The van der Waals surface area contributed by atoms with Gasteiger partial charge >= 0.3 is 0 Å². The van der Waals surface area contributed by atoms with Gasteiger partial charge in [0.15, 0.2) is 0 Å². The van der Waals surface area contributed by atoms with Crippen molar-refractivity contribution in [3.8, 4) is 11.8 Å². The summed E-state index contributed by atoms with van der Waals surface area (Å²) in [6.45, 7) is 1.25. The molecule has 16 heavy (non-hydrogen) atoms. The van der Waals surface area contributed by atoms with Crippen LogP contribution < -0.4 is 0 Å². The highest BCUT2D eigenvalue weighted by Crippen LogP contribution is 2.17. The van der Waals surface area contributed by atoms with Gasteiger partial charge in [0, 0.05) is 23.3 Å². The van der Waals surface area contributed by atoms with E-state index in [1.165, 1.54) is 6.26 Å². The quantitative estimate of drug-likeness (QED) is 0.466. The fraction of sp³-hybridized carbons (Fsp3) is 0.455. The van der Waals surface area contributed by atoms with Crippen LogP contribution in [0.1, 0.15) is 30.8 Å². The molecule has 1 unspecified atom stereocenters. The highest BCUT2D eigenvalue weighted by atomic mass is 16.6. The van der Waals surface area contributed by atoms with Gasteiger partial charge in [-0.2, -0.15) is 0 Å². The largest absolute Gasteiger partial charge is 0.469 e. The molecule has 0 bridgehead atoms. The summed E-state index contributed by atoms with van der Waals surface area (Å²) in [6.07, 6.45) is 1.56. The lowest BCUT2D eigenvalue weighted by Gasteiger charge is -2.00. The van der Waals surface area contributed by atoms with Crippen molar-refractivity contribution in [3.63, 3.8) is 0 Å². The van der Waals surface area contributed by atoms with Crippen LogP contribution >= 0.6 is 0 Å². The molecule has 1 rings (SSSR count). The maximum absolute atomic E-state index is 10.2. The van der Waals surface area contributed by atoms with Crippen LogP contribution in [-0.4, -0.2) is 16.6 Å². The van der Waals surface area contributed by atoms with E-state index in [4.69, 9.17) is 4.42 Å². The molecule has 0 radical (unpaired) electrons. The van der Waals surface area contributed by atoms with Gasteiger partial charge in [0.2, 0.25) is 6.54 Å². The first-order valence-corrected chi connectivity index (χ1v) is 4.90. The number of hydrogen-bond acceptors (Lipinski definition) is 4. The summed E-state index contributed by atoms with van der Waals surface area (Å²) in [7, 11) is 0. The van der Waals surface area contributed by atoms with Crippen LogP contribution in [0.2, 0.25) is 0 Å². The zero-order valence-corrected chi connectivity index (χ0v) is 8.97. The molecule has 0 aliphatic heterocycles. The van der Waals surface area contributed by atoms with Crippen LogP contribution in [0.25, 0.3) is 0 Å². The number of aryl methyl sites for hydroxylation is 1. The molecular formula is C11H13NO4. The molecule has 5 nitrogen and oxygen atoms in total. The van der Waals surface area contributed by atoms with Crippen molar-refractivity contribution >= 4 is 0 Å². The van der Waals surface area contributed by atoms with Crippen molar-refractivity contribution in [2.45, 2.75) is 25.9 Å². The van der Waals surface area contributed by atoms with Crippen LogP contribution in [-0.2, 0) is 6.42 Å². The molecule has 0 amide bonds. The average molecular weight is 223 g/mol. The van der Waals surface area contributed by atoms with Crippen molar-refractivity contribution in [1.29, 1.82) is 0 Å². The number of hydrogen-bond donors (Lipinski definition) is 1. The third-order valence-electron chi connectivity index (χ3n) is 2.05. The molecule has 1 atom stereocenters. The predicted molar refractivity (Wildman–Crippen MR) is 57.3 cm³/mol. The molecule has 1 N–H and O–H groups in total. The Morgan fingerprint density at radius 1 is 1.69 bits per heavy atom. The lowest BCUT2D eigenvalue weighted by Crippen LogP contribution is -2.10. The molecular weight excluding hydrogens is 210 g/mol. The summed E-state index contributed by atoms with van der Waals surface area (Å²) in [6, 6.07) is 1.63. The fourth-order valence-electron chi connectivity index (χ4n) is 1.26. The van der Waals surface area contributed by atoms with Gasteiger partial charge in [-0.1, -0.05) is 0 Å². The van der Waals surface area contributed by atoms with Crippen LogP contribution in [0, 0.1) is 22.0 Å². The van der Waals surface area contributed by atoms with Gasteiger partial charge in [0.25, 0.3) is 0 Å². The Morgan fingerprint density at radius 2 is 2.44 bits per heavy atom. The van der Waals surface area contributed by atoms with Gasteiger partial charge in [0.05, 0.1) is 6.26 Å². The number of furan rings is 1. The first-order chi connectivity index (χ1) is 7.63. The molecule has 0 aromatic carbocycles. The highest BCUT2D eigenvalue weighted by Gasteiger charge is 2.16. The first kappa shape index (κ1) is 12.3. The van der Waals surface area contributed by atoms with E-state index in [9.17, 15) is 15.2 Å². The maximum Gasteiger partial charge on any atom is 0.233 e. The van der Waals surface area contributed by atoms with E-state index in [1.807, 2.05) is 0 Å². The molecule has 0 saturated carbocycles. The van der Waals surface area contributed by atoms with Gasteiger partial charge in [-0.25, -0.2) is 0 Å². The molecule has 0 saturated heterocycles. The van der Waals surface area contributed by atoms with Gasteiger partial charge in [-0.15, -0.1) is 11.8 Å². The zero-order chi connectivity index (χ0) is 12.0. The summed E-state index contributed by atoms with van der Waals surface area (Å²) in [5.41, 5.74) is 0.441. The number of nitrogens with zero attached hydrogens (tertiary/aromatic N) is 1. The van der Waals surface area contributed by atoms with Crippen molar-refractivity contribution in [2.75, 3.05) is 6.54 Å². The van der Waals surface area contributed by atoms with Crippen molar-refractivity contribution in [1.82, 2.24) is 0 Å². The van der Waals surface area contributed by atoms with Crippen LogP contribution in [0.5, 0.6) is 0 Å². The number of nitro groups is 1. The Hall–Kier alpha value is -1.80. The molecule has 0 fully saturated rings. The number of aliphatic hydroxyl groups is 1. The standard InChI is InChI=1S/C11H13NO4/c1-2-3-4-5-10-6-9(8-16-10)11(13)7-12(14)15/h6,8,11,13H,4-5,7H2,1H3. The van der Waals surface area contributed by atoms with Crippen LogP contribution in [0.3, 0.4) is 0 Å². The van der Waals surface area contributed by atoms with E-state index >= 15 is 0 Å². The van der Waals surface area contributed by atoms with E-state index in [-0.39, 0.29) is 0 Å². The summed E-state index contributed by atoms with van der Waals surface area (Å²) >= 11 is 0. The van der Waals surface area contributed by atoms with E-state index in [2.05, 4.69) is 11.8 Å². The molecule has 1 aromatic heterocycles. The van der Waals surface area contributed by atoms with Gasteiger partial charge < -0.3 is 9.52 Å². The van der Waals surface area contributed by atoms with E-state index in [0.717, 1.165) is 0 Å². The lowest BCUT2D eigenvalue weighted by atomic mass is 10.1. The maximum atomic E-state index is 10.2. The zero-order valence-electron chi connectivity index (χ0n) is 8.97. The van der Waals surface area contributed by atoms with Gasteiger partial charge in [-0.05, 0) is 13.0 Å². The molecule has 0 spiro atoms. The second-order valence-electron chi connectivity index (χ2n) is 3.30. The van der Waals surface area contributed by atoms with E-state index < -0.39 is 17.6 Å². The summed E-state index contributed by atoms with van der Waals surface area (Å²) in [4.78, 5) is 9.64. The van der Waals surface area contributed by atoms with E-state index in [1.54, 1.807) is 13.0 Å². The number of rotatable bonds is 5. The Balaban J connectivity index is 2.55. The minimum Gasteiger partial charge on any atom is -0.469 e. The Kier molecular flexibility index (Phi) is 4.55. The second-order valence-corrected chi connectivity index (χ2v) is 3.30. The monoisotopic (exact) mass is 223 g/mol. The molecule has 1 heterocycles. The van der Waals surface area contributed by atoms with Crippen LogP contribution in [0.4, 0.5) is 0 Å². The summed E-state index contributed by atoms with van der Waals surface area (Å²) in [5, 5.41) is 19.6. The minimum atomic E-state index is -1.11. The van der Waals surface area contributed by atoms with Gasteiger partial charge in [-0.3, -0.25) is 10.1 Å². The second kappa shape index (κ2) is 5.93. The highest BCUT2D eigenvalue weighted by molar-refractivity contribution is 5.16. The summed E-state index contributed by atoms with van der Waals surface area (Å²) in [5.74, 6) is 6.33. The number of aliphatic hydroxyl groups excluding tert-OH is 1. The first-order valence-electron chi connectivity index (χ1n) is 4.90. The predicted octanol–water partition coefficient (Wildman–Crippen LogP) is 1.55. The van der Waals surface area contributed by atoms with E-state index in [0.29, 0.717) is 24.2 Å². The third-order valence-corrected chi connectivity index (χ3v) is 2.05. The SMILES string of the molecule is CC#CCCc1cc(C(O)C[N+](=O)[O-])co1. The molecule has 0 aliphatic rings. The summed E-state index contributed by atoms with van der Waals surface area (Å²) < 4.78 is 5.16. The average Bonchev–Trinajstić information content (AvgIpc) is 2.66. The lowest BCUT2D eigenvalue weighted by molar-refractivity contribution is -0.491. The molecule has 5 heteroatoms. The Bertz CT molecular complexity index is 413. The minimum absolute atomic E-state index is 0.441.